The average Bonchev–Trinajstić information content (AvgIpc) is 2.06. The second-order valence-electron chi connectivity index (χ2n) is 5.68. The van der Waals surface area contributed by atoms with Gasteiger partial charge in [-0.05, 0) is 24.2 Å². The molecule has 0 unspecified atom stereocenters. The van der Waals surface area contributed by atoms with Crippen molar-refractivity contribution in [1.82, 2.24) is 4.97 Å². The van der Waals surface area contributed by atoms with Crippen LogP contribution in [0.4, 0.5) is 0 Å². The van der Waals surface area contributed by atoms with E-state index in [1.807, 2.05) is 17.3 Å². The Morgan fingerprint density at radius 1 is 1.20 bits per heavy atom. The topological polar surface area (TPSA) is 12.5 Å². The molecule has 0 aromatic heterocycles. The molecule has 84 valence electrons. The van der Waals surface area contributed by atoms with E-state index in [-0.39, 0.29) is 5.04 Å². The van der Waals surface area contributed by atoms with Crippen LogP contribution in [-0.4, -0.2) is 20.1 Å². The van der Waals surface area contributed by atoms with E-state index in [1.165, 1.54) is 0 Å². The van der Waals surface area contributed by atoms with Crippen LogP contribution in [0, 0.1) is 0 Å². The number of hydrogen-bond acceptors (Lipinski definition) is 2. The van der Waals surface area contributed by atoms with Crippen LogP contribution in [-0.2, 0) is 4.53 Å². The Hall–Kier alpha value is -0.478. The van der Waals surface area contributed by atoms with E-state index in [0.717, 1.165) is 0 Å². The average molecular weight is 223 g/mol. The molecule has 1 rings (SSSR count). The maximum atomic E-state index is 6.19. The smallest absolute Gasteiger partial charge is 0.309 e. The number of nitrogens with zero attached hydrogens (tertiary/aromatic N) is 1. The van der Waals surface area contributed by atoms with Crippen LogP contribution in [0.3, 0.4) is 0 Å². The van der Waals surface area contributed by atoms with Gasteiger partial charge in [-0.2, -0.15) is 0 Å². The fourth-order valence-corrected chi connectivity index (χ4v) is 2.12. The second kappa shape index (κ2) is 4.18. The van der Waals surface area contributed by atoms with Crippen molar-refractivity contribution in [2.24, 2.45) is 0 Å². The number of hydrogen-bond donors (Lipinski definition) is 0. The second-order valence-corrected chi connectivity index (χ2v) is 10.4. The normalized spacial score (nSPS) is 17.5. The van der Waals surface area contributed by atoms with Crippen molar-refractivity contribution in [3.8, 4) is 0 Å². The van der Waals surface area contributed by atoms with Crippen LogP contribution in [0.25, 0.3) is 0 Å². The van der Waals surface area contributed by atoms with Crippen molar-refractivity contribution in [3.05, 3.63) is 24.3 Å². The molecule has 0 saturated carbocycles. The number of allylic oxidation sites excluding steroid dienone is 2. The van der Waals surface area contributed by atoms with Crippen LogP contribution in [0.5, 0.6) is 0 Å². The number of hydroxylamine groups is 1. The Kier molecular flexibility index (Phi) is 3.51. The van der Waals surface area contributed by atoms with Gasteiger partial charge in [0.1, 0.15) is 0 Å². The van der Waals surface area contributed by atoms with Crippen LogP contribution in [0.15, 0.2) is 24.3 Å². The summed E-state index contributed by atoms with van der Waals surface area (Å²) in [7, 11) is -1.69. The minimum atomic E-state index is -1.69. The van der Waals surface area contributed by atoms with E-state index < -0.39 is 8.32 Å². The molecule has 1 aliphatic rings. The maximum Gasteiger partial charge on any atom is 0.309 e. The van der Waals surface area contributed by atoms with Crippen molar-refractivity contribution >= 4 is 15.2 Å². The molecule has 0 amide bonds. The first-order chi connectivity index (χ1) is 6.74. The minimum Gasteiger partial charge on any atom is -0.332 e. The Morgan fingerprint density at radius 2 is 1.80 bits per heavy atom. The van der Waals surface area contributed by atoms with E-state index in [9.17, 15) is 0 Å². The SMILES string of the molecule is CB1C=CC=CN1O[Si](C)(C)C(C)(C)C. The van der Waals surface area contributed by atoms with Gasteiger partial charge >= 0.3 is 6.85 Å². The molecule has 0 fully saturated rings. The highest BCUT2D eigenvalue weighted by Crippen LogP contribution is 2.37. The molecule has 0 radical (unpaired) electrons. The minimum absolute atomic E-state index is 0.252. The third-order valence-corrected chi connectivity index (χ3v) is 7.55. The highest BCUT2D eigenvalue weighted by molar-refractivity contribution is 6.74. The summed E-state index contributed by atoms with van der Waals surface area (Å²) in [6, 6.07) is 0. The predicted molar refractivity (Wildman–Crippen MR) is 70.0 cm³/mol. The molecule has 1 aliphatic heterocycles. The van der Waals surface area contributed by atoms with Gasteiger partial charge in [0.05, 0.1) is 0 Å². The van der Waals surface area contributed by atoms with Gasteiger partial charge in [-0.15, -0.1) is 0 Å². The summed E-state index contributed by atoms with van der Waals surface area (Å²) in [4.78, 5) is 1.98. The zero-order valence-electron chi connectivity index (χ0n) is 10.7. The van der Waals surface area contributed by atoms with Crippen molar-refractivity contribution in [2.45, 2.75) is 45.7 Å². The van der Waals surface area contributed by atoms with Gasteiger partial charge in [0, 0.05) is 6.20 Å². The van der Waals surface area contributed by atoms with Crippen LogP contribution < -0.4 is 0 Å². The van der Waals surface area contributed by atoms with Gasteiger partial charge in [-0.1, -0.05) is 39.6 Å². The molecule has 0 saturated heterocycles. The first-order valence-electron chi connectivity index (χ1n) is 5.56. The molecule has 2 nitrogen and oxygen atoms in total. The first-order valence-corrected chi connectivity index (χ1v) is 8.47. The van der Waals surface area contributed by atoms with Crippen LogP contribution in [0.2, 0.25) is 25.0 Å². The van der Waals surface area contributed by atoms with Gasteiger partial charge in [-0.3, -0.25) is 0 Å². The van der Waals surface area contributed by atoms with Gasteiger partial charge in [0.25, 0.3) is 0 Å². The molecule has 4 heteroatoms. The largest absolute Gasteiger partial charge is 0.332 e. The van der Waals surface area contributed by atoms with E-state index in [1.54, 1.807) is 0 Å². The predicted octanol–water partition coefficient (Wildman–Crippen LogP) is 3.47. The fraction of sp³-hybridized carbons (Fsp3) is 0.636. The molecular formula is C11H22BNOSi. The third-order valence-electron chi connectivity index (χ3n) is 3.27. The van der Waals surface area contributed by atoms with E-state index in [0.29, 0.717) is 6.85 Å². The Morgan fingerprint density at radius 3 is 2.27 bits per heavy atom. The van der Waals surface area contributed by atoms with Gasteiger partial charge in [-0.25, -0.2) is 0 Å². The molecule has 0 aliphatic carbocycles. The van der Waals surface area contributed by atoms with Gasteiger partial charge < -0.3 is 9.50 Å². The monoisotopic (exact) mass is 223 g/mol. The van der Waals surface area contributed by atoms with E-state index >= 15 is 0 Å². The molecule has 0 atom stereocenters. The molecular weight excluding hydrogens is 201 g/mol. The Balaban J connectivity index is 2.69. The molecule has 15 heavy (non-hydrogen) atoms. The Labute approximate surface area is 95.2 Å². The lowest BCUT2D eigenvalue weighted by atomic mass is 9.64. The van der Waals surface area contributed by atoms with Crippen molar-refractivity contribution in [2.75, 3.05) is 0 Å². The molecule has 0 aromatic rings. The lowest BCUT2D eigenvalue weighted by Gasteiger charge is -2.41. The molecule has 0 bridgehead atoms. The highest BCUT2D eigenvalue weighted by atomic mass is 28.4. The summed E-state index contributed by atoms with van der Waals surface area (Å²) in [6.45, 7) is 13.8. The van der Waals surface area contributed by atoms with Crippen molar-refractivity contribution < 1.29 is 4.53 Å². The zero-order valence-corrected chi connectivity index (χ0v) is 11.7. The molecule has 0 aromatic carbocycles. The van der Waals surface area contributed by atoms with Gasteiger partial charge in [0.2, 0.25) is 8.32 Å². The van der Waals surface area contributed by atoms with Crippen molar-refractivity contribution in [3.63, 3.8) is 0 Å². The summed E-state index contributed by atoms with van der Waals surface area (Å²) in [5, 5.41) is 0.252. The van der Waals surface area contributed by atoms with Crippen LogP contribution >= 0.6 is 0 Å². The lowest BCUT2D eigenvalue weighted by molar-refractivity contribution is 0.0626. The Bertz CT molecular complexity index is 281. The summed E-state index contributed by atoms with van der Waals surface area (Å²) in [6.07, 6.45) is 6.11. The highest BCUT2D eigenvalue weighted by Gasteiger charge is 2.40. The summed E-state index contributed by atoms with van der Waals surface area (Å²) in [5.41, 5.74) is 0. The summed E-state index contributed by atoms with van der Waals surface area (Å²) in [5.74, 6) is 2.15. The molecule has 0 N–H and O–H groups in total. The molecule has 0 spiro atoms. The van der Waals surface area contributed by atoms with E-state index in [2.05, 4.69) is 52.7 Å². The summed E-state index contributed by atoms with van der Waals surface area (Å²) >= 11 is 0. The zero-order chi connectivity index (χ0) is 11.7. The van der Waals surface area contributed by atoms with E-state index in [4.69, 9.17) is 4.53 Å². The quantitative estimate of drug-likeness (QED) is 0.664. The standard InChI is InChI=1S/C11H22BNOSi/c1-11(2,3)15(5,6)14-13-10-8-7-9-12(13)4/h7-10H,1-6H3. The van der Waals surface area contributed by atoms with Crippen LogP contribution in [0.1, 0.15) is 20.8 Å². The maximum absolute atomic E-state index is 6.19. The van der Waals surface area contributed by atoms with Crippen molar-refractivity contribution in [1.29, 1.82) is 0 Å². The molecule has 1 heterocycles. The first kappa shape index (κ1) is 12.6. The fourth-order valence-electron chi connectivity index (χ4n) is 1.09. The number of rotatable bonds is 2. The third kappa shape index (κ3) is 2.99. The van der Waals surface area contributed by atoms with Gasteiger partial charge in [0.15, 0.2) is 0 Å². The lowest BCUT2D eigenvalue weighted by Crippen LogP contribution is -2.48. The summed E-state index contributed by atoms with van der Waals surface area (Å²) < 4.78 is 6.19.